The van der Waals surface area contributed by atoms with Crippen molar-refractivity contribution < 1.29 is 9.59 Å². The highest BCUT2D eigenvalue weighted by atomic mass is 16.1. The fourth-order valence-corrected chi connectivity index (χ4v) is 1.38. The van der Waals surface area contributed by atoms with Gasteiger partial charge in [0.15, 0.2) is 5.78 Å². The van der Waals surface area contributed by atoms with Crippen LogP contribution < -0.4 is 0 Å². The lowest BCUT2D eigenvalue weighted by atomic mass is 9.99. The van der Waals surface area contributed by atoms with E-state index in [0.717, 1.165) is 0 Å². The first-order chi connectivity index (χ1) is 7.00. The molecule has 0 unspecified atom stereocenters. The normalized spacial score (nSPS) is 10.4. The quantitative estimate of drug-likeness (QED) is 0.558. The molecule has 0 bridgehead atoms. The van der Waals surface area contributed by atoms with E-state index in [1.165, 1.54) is 12.5 Å². The topological polar surface area (TPSA) is 34.1 Å². The lowest BCUT2D eigenvalue weighted by Crippen LogP contribution is -2.04. The third-order valence-corrected chi connectivity index (χ3v) is 2.31. The highest BCUT2D eigenvalue weighted by molar-refractivity contribution is 6.07. The molecule has 0 aliphatic heterocycles. The number of Topliss-reactive ketones (excluding diaryl/α,β-unsaturated/α-hetero) is 2. The number of ketones is 2. The Labute approximate surface area is 90.3 Å². The third kappa shape index (κ3) is 3.31. The number of benzene rings is 1. The molecule has 0 aliphatic carbocycles. The van der Waals surface area contributed by atoms with Crippen LogP contribution in [0.25, 0.3) is 0 Å². The molecule has 0 radical (unpaired) electrons. The van der Waals surface area contributed by atoms with Gasteiger partial charge in [-0.3, -0.25) is 9.59 Å². The minimum atomic E-state index is -0.0993. The van der Waals surface area contributed by atoms with Crippen molar-refractivity contribution in [3.63, 3.8) is 0 Å². The van der Waals surface area contributed by atoms with E-state index in [-0.39, 0.29) is 18.0 Å². The molecule has 2 heteroatoms. The zero-order valence-corrected chi connectivity index (χ0v) is 9.41. The van der Waals surface area contributed by atoms with Gasteiger partial charge in [0.25, 0.3) is 0 Å². The monoisotopic (exact) mass is 204 g/mol. The summed E-state index contributed by atoms with van der Waals surface area (Å²) in [7, 11) is 0. The predicted octanol–water partition coefficient (Wildman–Crippen LogP) is 2.97. The van der Waals surface area contributed by atoms with Crippen LogP contribution in [0.5, 0.6) is 0 Å². The summed E-state index contributed by atoms with van der Waals surface area (Å²) in [6, 6.07) is 7.47. The highest BCUT2D eigenvalue weighted by Crippen LogP contribution is 2.15. The molecule has 0 fully saturated rings. The molecule has 2 nitrogen and oxygen atoms in total. The second-order valence-corrected chi connectivity index (χ2v) is 4.08. The van der Waals surface area contributed by atoms with Crippen molar-refractivity contribution in [2.24, 2.45) is 0 Å². The average molecular weight is 204 g/mol. The maximum Gasteiger partial charge on any atom is 0.170 e. The largest absolute Gasteiger partial charge is 0.300 e. The zero-order valence-electron chi connectivity index (χ0n) is 9.41. The summed E-state index contributed by atoms with van der Waals surface area (Å²) < 4.78 is 0. The van der Waals surface area contributed by atoms with Crippen molar-refractivity contribution in [3.8, 4) is 0 Å². The second-order valence-electron chi connectivity index (χ2n) is 4.08. The van der Waals surface area contributed by atoms with E-state index in [1.54, 1.807) is 12.1 Å². The van der Waals surface area contributed by atoms with Gasteiger partial charge in [-0.25, -0.2) is 0 Å². The van der Waals surface area contributed by atoms with E-state index in [0.29, 0.717) is 11.5 Å². The van der Waals surface area contributed by atoms with Gasteiger partial charge >= 0.3 is 0 Å². The number of hydrogen-bond acceptors (Lipinski definition) is 2. The van der Waals surface area contributed by atoms with Gasteiger partial charge in [-0.05, 0) is 18.4 Å². The molecule has 0 N–H and O–H groups in total. The maximum absolute atomic E-state index is 11.5. The number of rotatable bonds is 4. The molecule has 1 aromatic carbocycles. The van der Waals surface area contributed by atoms with Gasteiger partial charge in [0, 0.05) is 5.56 Å². The highest BCUT2D eigenvalue weighted by Gasteiger charge is 2.08. The van der Waals surface area contributed by atoms with Crippen molar-refractivity contribution >= 4 is 11.6 Å². The molecule has 0 amide bonds. The minimum Gasteiger partial charge on any atom is -0.300 e. The fraction of sp³-hybridized carbons (Fsp3) is 0.385. The van der Waals surface area contributed by atoms with Crippen LogP contribution in [0.3, 0.4) is 0 Å². The van der Waals surface area contributed by atoms with Crippen LogP contribution in [0.1, 0.15) is 49.0 Å². The molecule has 1 rings (SSSR count). The van der Waals surface area contributed by atoms with Crippen molar-refractivity contribution in [1.29, 1.82) is 0 Å². The van der Waals surface area contributed by atoms with Crippen LogP contribution in [0.2, 0.25) is 0 Å². The van der Waals surface area contributed by atoms with Crippen LogP contribution >= 0.6 is 0 Å². The lowest BCUT2D eigenvalue weighted by molar-refractivity contribution is -0.116. The molecule has 0 aromatic heterocycles. The SMILES string of the molecule is CC(=O)CC(=O)c1ccc(C(C)C)cc1. The Kier molecular flexibility index (Phi) is 3.78. The standard InChI is InChI=1S/C13H16O2/c1-9(2)11-4-6-12(7-5-11)13(15)8-10(3)14/h4-7,9H,8H2,1-3H3. The van der Waals surface area contributed by atoms with Gasteiger partial charge in [0.2, 0.25) is 0 Å². The number of hydrogen-bond donors (Lipinski definition) is 0. The molecule has 15 heavy (non-hydrogen) atoms. The van der Waals surface area contributed by atoms with Gasteiger partial charge < -0.3 is 0 Å². The molecule has 0 saturated heterocycles. The van der Waals surface area contributed by atoms with Crippen LogP contribution in [0.15, 0.2) is 24.3 Å². The van der Waals surface area contributed by atoms with Gasteiger partial charge in [-0.2, -0.15) is 0 Å². The Bertz CT molecular complexity index is 361. The molecule has 1 aromatic rings. The predicted molar refractivity (Wildman–Crippen MR) is 60.2 cm³/mol. The first-order valence-electron chi connectivity index (χ1n) is 5.13. The van der Waals surface area contributed by atoms with E-state index in [4.69, 9.17) is 0 Å². The summed E-state index contributed by atoms with van der Waals surface area (Å²) in [5.41, 5.74) is 1.82. The molecular weight excluding hydrogens is 188 g/mol. The van der Waals surface area contributed by atoms with Crippen LogP contribution in [0, 0.1) is 0 Å². The summed E-state index contributed by atoms with van der Waals surface area (Å²) in [4.78, 5) is 22.3. The lowest BCUT2D eigenvalue weighted by Gasteiger charge is -2.05. The van der Waals surface area contributed by atoms with E-state index >= 15 is 0 Å². The number of carbonyl (C=O) groups is 2. The van der Waals surface area contributed by atoms with E-state index < -0.39 is 0 Å². The summed E-state index contributed by atoms with van der Waals surface area (Å²) in [6.45, 7) is 5.64. The second kappa shape index (κ2) is 4.87. The first kappa shape index (κ1) is 11.6. The molecule has 0 atom stereocenters. The van der Waals surface area contributed by atoms with Gasteiger partial charge in [-0.1, -0.05) is 38.1 Å². The average Bonchev–Trinajstić information content (AvgIpc) is 2.17. The van der Waals surface area contributed by atoms with Crippen LogP contribution in [-0.4, -0.2) is 11.6 Å². The van der Waals surface area contributed by atoms with Crippen LogP contribution in [0.4, 0.5) is 0 Å². The number of carbonyl (C=O) groups excluding carboxylic acids is 2. The molecule has 80 valence electrons. The Morgan fingerprint density at radius 1 is 1.13 bits per heavy atom. The summed E-state index contributed by atoms with van der Waals surface area (Å²) in [5.74, 6) is 0.271. The Hall–Kier alpha value is -1.44. The van der Waals surface area contributed by atoms with Crippen LogP contribution in [-0.2, 0) is 4.79 Å². The van der Waals surface area contributed by atoms with Gasteiger partial charge in [0.1, 0.15) is 5.78 Å². The summed E-state index contributed by atoms with van der Waals surface area (Å²) >= 11 is 0. The van der Waals surface area contributed by atoms with E-state index in [2.05, 4.69) is 13.8 Å². The van der Waals surface area contributed by atoms with Crippen molar-refractivity contribution in [2.45, 2.75) is 33.1 Å². The fourth-order valence-electron chi connectivity index (χ4n) is 1.38. The maximum atomic E-state index is 11.5. The first-order valence-corrected chi connectivity index (χ1v) is 5.13. The Morgan fingerprint density at radius 2 is 1.67 bits per heavy atom. The van der Waals surface area contributed by atoms with Crippen molar-refractivity contribution in [3.05, 3.63) is 35.4 Å². The molecule has 0 heterocycles. The molecule has 0 aliphatic rings. The van der Waals surface area contributed by atoms with Crippen molar-refractivity contribution in [2.75, 3.05) is 0 Å². The Morgan fingerprint density at radius 3 is 2.07 bits per heavy atom. The summed E-state index contributed by atoms with van der Waals surface area (Å²) in [6.07, 6.45) is 0.00102. The van der Waals surface area contributed by atoms with E-state index in [1.807, 2.05) is 12.1 Å². The molecule has 0 saturated carbocycles. The van der Waals surface area contributed by atoms with Crippen molar-refractivity contribution in [1.82, 2.24) is 0 Å². The minimum absolute atomic E-state index is 0.00102. The van der Waals surface area contributed by atoms with E-state index in [9.17, 15) is 9.59 Å². The van der Waals surface area contributed by atoms with Gasteiger partial charge in [0.05, 0.1) is 6.42 Å². The Balaban J connectivity index is 2.80. The summed E-state index contributed by atoms with van der Waals surface area (Å²) in [5, 5.41) is 0. The zero-order chi connectivity index (χ0) is 11.4. The molecule has 0 spiro atoms. The smallest absolute Gasteiger partial charge is 0.170 e. The molecular formula is C13H16O2. The third-order valence-electron chi connectivity index (χ3n) is 2.31. The van der Waals surface area contributed by atoms with Gasteiger partial charge in [-0.15, -0.1) is 0 Å².